The fraction of sp³-hybridized carbons (Fsp3) is 0.0455. The summed E-state index contributed by atoms with van der Waals surface area (Å²) < 4.78 is 2.03. The van der Waals surface area contributed by atoms with Crippen molar-refractivity contribution >= 4 is 17.2 Å². The quantitative estimate of drug-likeness (QED) is 0.332. The number of hydrogen-bond donors (Lipinski definition) is 1. The molecule has 0 unspecified atom stereocenters. The Bertz CT molecular complexity index is 1180. The second-order valence-corrected chi connectivity index (χ2v) is 6.15. The fourth-order valence-corrected chi connectivity index (χ4v) is 3.19. The highest BCUT2D eigenvalue weighted by molar-refractivity contribution is 5.80. The van der Waals surface area contributed by atoms with E-state index < -0.39 is 0 Å². The van der Waals surface area contributed by atoms with Crippen molar-refractivity contribution in [2.45, 2.75) is 6.42 Å². The lowest BCUT2D eigenvalue weighted by molar-refractivity contribution is 0.321. The van der Waals surface area contributed by atoms with Crippen LogP contribution in [0.1, 0.15) is 11.1 Å². The minimum Gasteiger partial charge on any atom is -0.411 e. The van der Waals surface area contributed by atoms with Crippen molar-refractivity contribution in [1.29, 1.82) is 5.26 Å². The summed E-state index contributed by atoms with van der Waals surface area (Å²) in [6.45, 7) is 0. The number of hydrogen-bond acceptors (Lipinski definition) is 4. The third-order valence-corrected chi connectivity index (χ3v) is 4.50. The molecule has 0 bridgehead atoms. The molecular formula is C22H16N4O. The van der Waals surface area contributed by atoms with Crippen molar-refractivity contribution in [3.05, 3.63) is 84.2 Å². The van der Waals surface area contributed by atoms with E-state index in [1.165, 1.54) is 6.21 Å². The summed E-state index contributed by atoms with van der Waals surface area (Å²) in [4.78, 5) is 4.50. The summed E-state index contributed by atoms with van der Waals surface area (Å²) >= 11 is 0. The molecule has 4 rings (SSSR count). The van der Waals surface area contributed by atoms with Crippen LogP contribution >= 0.6 is 0 Å². The highest BCUT2D eigenvalue weighted by atomic mass is 16.4. The SMILES string of the molecule is N#Cc1ccccc1-c1cccc(-n2cnc3cc(CC=NO)ccc32)c1. The predicted molar refractivity (Wildman–Crippen MR) is 105 cm³/mol. The average Bonchev–Trinajstić information content (AvgIpc) is 3.15. The van der Waals surface area contributed by atoms with E-state index >= 15 is 0 Å². The zero-order chi connectivity index (χ0) is 18.6. The van der Waals surface area contributed by atoms with Gasteiger partial charge in [0.15, 0.2) is 0 Å². The molecule has 0 aliphatic rings. The van der Waals surface area contributed by atoms with E-state index in [4.69, 9.17) is 5.21 Å². The van der Waals surface area contributed by atoms with Gasteiger partial charge in [0.1, 0.15) is 6.33 Å². The summed E-state index contributed by atoms with van der Waals surface area (Å²) in [6, 6.07) is 23.9. The average molecular weight is 352 g/mol. The molecule has 130 valence electrons. The van der Waals surface area contributed by atoms with Gasteiger partial charge < -0.3 is 5.21 Å². The monoisotopic (exact) mass is 352 g/mol. The molecule has 1 heterocycles. The van der Waals surface area contributed by atoms with Crippen LogP contribution in [0, 0.1) is 11.3 Å². The third-order valence-electron chi connectivity index (χ3n) is 4.50. The smallest absolute Gasteiger partial charge is 0.100 e. The first-order valence-corrected chi connectivity index (χ1v) is 8.52. The molecule has 0 saturated carbocycles. The topological polar surface area (TPSA) is 74.2 Å². The Hall–Kier alpha value is -3.91. The zero-order valence-electron chi connectivity index (χ0n) is 14.4. The maximum atomic E-state index is 9.37. The molecule has 1 aromatic heterocycles. The van der Waals surface area contributed by atoms with Gasteiger partial charge in [-0.05, 0) is 47.0 Å². The number of rotatable bonds is 4. The van der Waals surface area contributed by atoms with Crippen LogP contribution in [0.4, 0.5) is 0 Å². The molecular weight excluding hydrogens is 336 g/mol. The van der Waals surface area contributed by atoms with Crippen LogP contribution in [-0.2, 0) is 6.42 Å². The highest BCUT2D eigenvalue weighted by Crippen LogP contribution is 2.27. The Morgan fingerprint density at radius 1 is 1.07 bits per heavy atom. The molecule has 0 spiro atoms. The molecule has 0 radical (unpaired) electrons. The van der Waals surface area contributed by atoms with Gasteiger partial charge in [-0.3, -0.25) is 4.57 Å². The normalized spacial score (nSPS) is 11.1. The molecule has 5 nitrogen and oxygen atoms in total. The number of oxime groups is 1. The summed E-state index contributed by atoms with van der Waals surface area (Å²) in [5.41, 5.74) is 6.43. The van der Waals surface area contributed by atoms with Gasteiger partial charge in [-0.2, -0.15) is 5.26 Å². The Morgan fingerprint density at radius 3 is 2.81 bits per heavy atom. The Morgan fingerprint density at radius 2 is 1.96 bits per heavy atom. The van der Waals surface area contributed by atoms with Gasteiger partial charge in [-0.15, -0.1) is 5.16 Å². The summed E-state index contributed by atoms with van der Waals surface area (Å²) in [7, 11) is 0. The molecule has 27 heavy (non-hydrogen) atoms. The number of nitrogens with zero attached hydrogens (tertiary/aromatic N) is 4. The Labute approximate surface area is 156 Å². The van der Waals surface area contributed by atoms with Crippen LogP contribution in [0.2, 0.25) is 0 Å². The molecule has 1 N–H and O–H groups in total. The maximum Gasteiger partial charge on any atom is 0.100 e. The van der Waals surface area contributed by atoms with Gasteiger partial charge in [0, 0.05) is 18.3 Å². The molecule has 0 aliphatic heterocycles. The molecule has 0 aliphatic carbocycles. The highest BCUT2D eigenvalue weighted by Gasteiger charge is 2.09. The van der Waals surface area contributed by atoms with Crippen LogP contribution in [-0.4, -0.2) is 21.0 Å². The number of imidazole rings is 1. The van der Waals surface area contributed by atoms with Crippen molar-refractivity contribution in [3.8, 4) is 22.9 Å². The predicted octanol–water partition coefficient (Wildman–Crippen LogP) is 4.57. The first kappa shape index (κ1) is 16.6. The minimum absolute atomic E-state index is 0.555. The summed E-state index contributed by atoms with van der Waals surface area (Å²) in [6.07, 6.45) is 3.80. The van der Waals surface area contributed by atoms with E-state index in [9.17, 15) is 5.26 Å². The van der Waals surface area contributed by atoms with Crippen LogP contribution in [0.25, 0.3) is 27.8 Å². The van der Waals surface area contributed by atoms with Crippen LogP contribution in [0.3, 0.4) is 0 Å². The van der Waals surface area contributed by atoms with Gasteiger partial charge >= 0.3 is 0 Å². The molecule has 0 atom stereocenters. The largest absolute Gasteiger partial charge is 0.411 e. The van der Waals surface area contributed by atoms with E-state index in [1.54, 1.807) is 6.33 Å². The van der Waals surface area contributed by atoms with E-state index in [1.807, 2.05) is 65.2 Å². The maximum absolute atomic E-state index is 9.37. The Kier molecular flexibility index (Phi) is 4.38. The van der Waals surface area contributed by atoms with Crippen LogP contribution in [0.15, 0.2) is 78.2 Å². The number of benzene rings is 3. The molecule has 4 aromatic rings. The van der Waals surface area contributed by atoms with Gasteiger partial charge in [0.2, 0.25) is 0 Å². The molecule has 0 fully saturated rings. The summed E-state index contributed by atoms with van der Waals surface area (Å²) in [5, 5.41) is 21.0. The van der Waals surface area contributed by atoms with Crippen molar-refractivity contribution in [2.75, 3.05) is 0 Å². The van der Waals surface area contributed by atoms with Crippen molar-refractivity contribution in [1.82, 2.24) is 9.55 Å². The fourth-order valence-electron chi connectivity index (χ4n) is 3.19. The number of fused-ring (bicyclic) bond motifs is 1. The lowest BCUT2D eigenvalue weighted by Gasteiger charge is -2.09. The van der Waals surface area contributed by atoms with Crippen LogP contribution in [0.5, 0.6) is 0 Å². The molecule has 3 aromatic carbocycles. The second kappa shape index (κ2) is 7.14. The third kappa shape index (κ3) is 3.16. The van der Waals surface area contributed by atoms with Crippen molar-refractivity contribution in [2.24, 2.45) is 5.16 Å². The number of nitriles is 1. The molecule has 5 heteroatoms. The summed E-state index contributed by atoms with van der Waals surface area (Å²) in [5.74, 6) is 0. The lowest BCUT2D eigenvalue weighted by Crippen LogP contribution is -1.93. The first-order valence-electron chi connectivity index (χ1n) is 8.52. The van der Waals surface area contributed by atoms with Crippen LogP contribution < -0.4 is 0 Å². The van der Waals surface area contributed by atoms with Gasteiger partial charge in [0.05, 0.1) is 22.7 Å². The minimum atomic E-state index is 0.555. The molecule has 0 saturated heterocycles. The second-order valence-electron chi connectivity index (χ2n) is 6.15. The standard InChI is InChI=1S/C22H16N4O/c23-14-18-4-1-2-7-20(18)17-5-3-6-19(13-17)26-15-24-21-12-16(10-11-25-27)8-9-22(21)26/h1-9,11-13,15,27H,10H2. The van der Waals surface area contributed by atoms with Gasteiger partial charge in [0.25, 0.3) is 0 Å². The van der Waals surface area contributed by atoms with Crippen molar-refractivity contribution in [3.63, 3.8) is 0 Å². The van der Waals surface area contributed by atoms with E-state index in [-0.39, 0.29) is 0 Å². The van der Waals surface area contributed by atoms with Gasteiger partial charge in [-0.1, -0.05) is 36.4 Å². The van der Waals surface area contributed by atoms with Gasteiger partial charge in [-0.25, -0.2) is 4.98 Å². The lowest BCUT2D eigenvalue weighted by atomic mass is 10.00. The number of aromatic nitrogens is 2. The van der Waals surface area contributed by atoms with Crippen molar-refractivity contribution < 1.29 is 5.21 Å². The van der Waals surface area contributed by atoms with E-state index in [0.29, 0.717) is 12.0 Å². The first-order chi connectivity index (χ1) is 13.3. The Balaban J connectivity index is 1.77. The van der Waals surface area contributed by atoms with E-state index in [2.05, 4.69) is 22.3 Å². The zero-order valence-corrected chi connectivity index (χ0v) is 14.4. The molecule has 0 amide bonds. The van der Waals surface area contributed by atoms with E-state index in [0.717, 1.165) is 33.4 Å².